The molecule has 0 heterocycles. The Morgan fingerprint density at radius 2 is 1.12 bits per heavy atom. The second-order valence-electron chi connectivity index (χ2n) is 3.25. The van der Waals surface area contributed by atoms with Crippen molar-refractivity contribution in [2.45, 2.75) is 0 Å². The minimum Gasteiger partial charge on any atom is -0.504 e. The minimum absolute atomic E-state index is 0.0944. The van der Waals surface area contributed by atoms with E-state index in [9.17, 15) is 30.6 Å². The third kappa shape index (κ3) is 1.07. The fraction of sp³-hybridized carbons (Fsp3) is 0. The monoisotopic (exact) mass is 224 g/mol. The van der Waals surface area contributed by atoms with Gasteiger partial charge in [-0.1, -0.05) is 0 Å². The first-order chi connectivity index (χ1) is 7.45. The summed E-state index contributed by atoms with van der Waals surface area (Å²) in [6, 6.07) is 2.26. The van der Waals surface area contributed by atoms with Crippen LogP contribution in [0, 0.1) is 0 Å². The van der Waals surface area contributed by atoms with Gasteiger partial charge in [0.2, 0.25) is 11.5 Å². The molecular formula is C10H8O6. The standard InChI is InChI=1S/C10H8O6/c11-4-2-1-3-5(7(4)13)8(14)10(16)9(15)6(3)12/h1-2,11-16H. The lowest BCUT2D eigenvalue weighted by molar-refractivity contribution is 0.349. The van der Waals surface area contributed by atoms with Crippen LogP contribution in [0.3, 0.4) is 0 Å². The summed E-state index contributed by atoms with van der Waals surface area (Å²) in [6.45, 7) is 0. The summed E-state index contributed by atoms with van der Waals surface area (Å²) in [6.07, 6.45) is 0. The first kappa shape index (κ1) is 10.0. The van der Waals surface area contributed by atoms with Crippen LogP contribution < -0.4 is 0 Å². The molecule has 0 aliphatic heterocycles. The predicted octanol–water partition coefficient (Wildman–Crippen LogP) is 1.07. The quantitative estimate of drug-likeness (QED) is 0.294. The average Bonchev–Trinajstić information content (AvgIpc) is 2.27. The summed E-state index contributed by atoms with van der Waals surface area (Å²) in [5, 5.41) is 55.7. The highest BCUT2D eigenvalue weighted by atomic mass is 16.3. The van der Waals surface area contributed by atoms with Crippen LogP contribution in [-0.2, 0) is 0 Å². The van der Waals surface area contributed by atoms with Gasteiger partial charge in [0.1, 0.15) is 0 Å². The van der Waals surface area contributed by atoms with Gasteiger partial charge in [0, 0.05) is 5.39 Å². The van der Waals surface area contributed by atoms with Crippen LogP contribution in [0.4, 0.5) is 0 Å². The Morgan fingerprint density at radius 3 is 1.75 bits per heavy atom. The number of hydrogen-bond acceptors (Lipinski definition) is 6. The third-order valence-electron chi connectivity index (χ3n) is 2.32. The van der Waals surface area contributed by atoms with Crippen LogP contribution in [0.5, 0.6) is 34.5 Å². The Kier molecular flexibility index (Phi) is 1.88. The molecule has 0 atom stereocenters. The third-order valence-corrected chi connectivity index (χ3v) is 2.32. The molecule has 0 fully saturated rings. The van der Waals surface area contributed by atoms with Crippen molar-refractivity contribution in [3.8, 4) is 34.5 Å². The summed E-state index contributed by atoms with van der Waals surface area (Å²) in [7, 11) is 0. The molecule has 0 saturated heterocycles. The maximum Gasteiger partial charge on any atom is 0.205 e. The molecule has 0 aromatic heterocycles. The maximum atomic E-state index is 9.48. The van der Waals surface area contributed by atoms with Crippen LogP contribution in [0.15, 0.2) is 12.1 Å². The second kappa shape index (κ2) is 2.99. The molecule has 0 aliphatic carbocycles. The van der Waals surface area contributed by atoms with Crippen LogP contribution in [0.2, 0.25) is 0 Å². The molecule has 84 valence electrons. The minimum atomic E-state index is -0.967. The molecule has 2 aromatic carbocycles. The Labute approximate surface area is 88.9 Å². The number of phenolic OH excluding ortho intramolecular Hbond substituents is 6. The molecule has 0 spiro atoms. The van der Waals surface area contributed by atoms with Crippen molar-refractivity contribution in [3.05, 3.63) is 12.1 Å². The molecule has 0 radical (unpaired) electrons. The van der Waals surface area contributed by atoms with E-state index in [1.165, 1.54) is 6.07 Å². The Hall–Kier alpha value is -2.50. The van der Waals surface area contributed by atoms with Gasteiger partial charge in [-0.3, -0.25) is 0 Å². The van der Waals surface area contributed by atoms with Gasteiger partial charge in [-0.25, -0.2) is 0 Å². The SMILES string of the molecule is Oc1ccc2c(O)c(O)c(O)c(O)c2c1O. The van der Waals surface area contributed by atoms with Gasteiger partial charge in [0.15, 0.2) is 23.0 Å². The van der Waals surface area contributed by atoms with Crippen LogP contribution in [0.1, 0.15) is 0 Å². The van der Waals surface area contributed by atoms with Crippen molar-refractivity contribution in [2.75, 3.05) is 0 Å². The average molecular weight is 224 g/mol. The normalized spacial score (nSPS) is 10.8. The molecule has 0 bridgehead atoms. The van der Waals surface area contributed by atoms with E-state index in [0.717, 1.165) is 6.07 Å². The van der Waals surface area contributed by atoms with E-state index in [-0.39, 0.29) is 10.8 Å². The molecule has 0 unspecified atom stereocenters. The summed E-state index contributed by atoms with van der Waals surface area (Å²) < 4.78 is 0. The van der Waals surface area contributed by atoms with E-state index < -0.39 is 34.5 Å². The number of fused-ring (bicyclic) bond motifs is 1. The van der Waals surface area contributed by atoms with Gasteiger partial charge in [-0.05, 0) is 12.1 Å². The predicted molar refractivity (Wildman–Crippen MR) is 53.9 cm³/mol. The number of rotatable bonds is 0. The van der Waals surface area contributed by atoms with Crippen molar-refractivity contribution in [2.24, 2.45) is 0 Å². The summed E-state index contributed by atoms with van der Waals surface area (Å²) >= 11 is 0. The zero-order valence-corrected chi connectivity index (χ0v) is 7.84. The number of phenols is 6. The van der Waals surface area contributed by atoms with Crippen molar-refractivity contribution >= 4 is 10.8 Å². The van der Waals surface area contributed by atoms with E-state index in [1.807, 2.05) is 0 Å². The van der Waals surface area contributed by atoms with Gasteiger partial charge in [-0.2, -0.15) is 0 Å². The van der Waals surface area contributed by atoms with Gasteiger partial charge in [0.25, 0.3) is 0 Å². The van der Waals surface area contributed by atoms with Crippen molar-refractivity contribution in [3.63, 3.8) is 0 Å². The van der Waals surface area contributed by atoms with Crippen molar-refractivity contribution in [1.29, 1.82) is 0 Å². The van der Waals surface area contributed by atoms with Crippen LogP contribution in [-0.4, -0.2) is 30.6 Å². The van der Waals surface area contributed by atoms with Gasteiger partial charge in [0.05, 0.1) is 5.39 Å². The fourth-order valence-electron chi connectivity index (χ4n) is 1.49. The summed E-state index contributed by atoms with van der Waals surface area (Å²) in [4.78, 5) is 0. The molecule has 0 amide bonds. The van der Waals surface area contributed by atoms with E-state index in [4.69, 9.17) is 0 Å². The lowest BCUT2D eigenvalue weighted by Gasteiger charge is -2.10. The first-order valence-corrected chi connectivity index (χ1v) is 4.25. The second-order valence-corrected chi connectivity index (χ2v) is 3.25. The van der Waals surface area contributed by atoms with Gasteiger partial charge in [-0.15, -0.1) is 0 Å². The van der Waals surface area contributed by atoms with E-state index in [2.05, 4.69) is 0 Å². The largest absolute Gasteiger partial charge is 0.504 e. The molecule has 6 N–H and O–H groups in total. The lowest BCUT2D eigenvalue weighted by atomic mass is 10.1. The van der Waals surface area contributed by atoms with Crippen LogP contribution >= 0.6 is 0 Å². The zero-order chi connectivity index (χ0) is 12.0. The molecule has 0 aliphatic rings. The Morgan fingerprint density at radius 1 is 0.562 bits per heavy atom. The highest BCUT2D eigenvalue weighted by molar-refractivity contribution is 6.02. The van der Waals surface area contributed by atoms with E-state index in [1.54, 1.807) is 0 Å². The molecule has 6 heteroatoms. The number of hydrogen-bond donors (Lipinski definition) is 6. The Balaban J connectivity index is 3.09. The van der Waals surface area contributed by atoms with Crippen molar-refractivity contribution in [1.82, 2.24) is 0 Å². The molecular weight excluding hydrogens is 216 g/mol. The first-order valence-electron chi connectivity index (χ1n) is 4.25. The number of aromatic hydroxyl groups is 6. The molecule has 2 rings (SSSR count). The maximum absolute atomic E-state index is 9.48. The summed E-state index contributed by atoms with van der Waals surface area (Å²) in [5.74, 6) is -4.59. The van der Waals surface area contributed by atoms with Gasteiger partial charge < -0.3 is 30.6 Å². The number of benzene rings is 2. The van der Waals surface area contributed by atoms with Crippen molar-refractivity contribution < 1.29 is 30.6 Å². The topological polar surface area (TPSA) is 121 Å². The van der Waals surface area contributed by atoms with Crippen LogP contribution in [0.25, 0.3) is 10.8 Å². The van der Waals surface area contributed by atoms with Gasteiger partial charge >= 0.3 is 0 Å². The molecule has 2 aromatic rings. The molecule has 0 saturated carbocycles. The highest BCUT2D eigenvalue weighted by Gasteiger charge is 2.21. The van der Waals surface area contributed by atoms with E-state index in [0.29, 0.717) is 0 Å². The zero-order valence-electron chi connectivity index (χ0n) is 7.84. The lowest BCUT2D eigenvalue weighted by Crippen LogP contribution is -1.81. The summed E-state index contributed by atoms with van der Waals surface area (Å²) in [5.41, 5.74) is 0. The smallest absolute Gasteiger partial charge is 0.205 e. The highest BCUT2D eigenvalue weighted by Crippen LogP contribution is 2.52. The van der Waals surface area contributed by atoms with E-state index >= 15 is 0 Å². The molecule has 6 nitrogen and oxygen atoms in total. The fourth-order valence-corrected chi connectivity index (χ4v) is 1.49. The Bertz CT molecular complexity index is 590. The molecule has 16 heavy (non-hydrogen) atoms.